The van der Waals surface area contributed by atoms with Crippen LogP contribution in [0.2, 0.25) is 0 Å². The molecule has 0 aromatic heterocycles. The Morgan fingerprint density at radius 1 is 1.35 bits per heavy atom. The minimum absolute atomic E-state index is 0.0727. The summed E-state index contributed by atoms with van der Waals surface area (Å²) in [5, 5.41) is 14.4. The topological polar surface area (TPSA) is 41.5 Å². The summed E-state index contributed by atoms with van der Waals surface area (Å²) >= 11 is 0. The van der Waals surface area contributed by atoms with E-state index in [2.05, 4.69) is 19.2 Å². The van der Waals surface area contributed by atoms with E-state index in [1.165, 1.54) is 12.8 Å². The maximum absolute atomic E-state index is 10.8. The molecule has 1 aliphatic rings. The standard InChI is InChI=1S/C17H27NO2/c1-5-20-15-9-6-12(4)10-14(15)17(19)16(11(2)3)18-13-7-8-13/h6,9-11,13,16-19H,5,7-8H2,1-4H3. The quantitative estimate of drug-likeness (QED) is 0.804. The molecule has 112 valence electrons. The van der Waals surface area contributed by atoms with Crippen LogP contribution >= 0.6 is 0 Å². The summed E-state index contributed by atoms with van der Waals surface area (Å²) in [5.41, 5.74) is 2.05. The summed E-state index contributed by atoms with van der Waals surface area (Å²) in [6.07, 6.45) is 1.92. The van der Waals surface area contributed by atoms with Crippen molar-refractivity contribution in [2.24, 2.45) is 5.92 Å². The van der Waals surface area contributed by atoms with Gasteiger partial charge in [0.2, 0.25) is 0 Å². The number of rotatable bonds is 7. The Balaban J connectivity index is 2.23. The van der Waals surface area contributed by atoms with Crippen LogP contribution in [0.5, 0.6) is 5.75 Å². The first-order valence-electron chi connectivity index (χ1n) is 7.70. The molecule has 0 spiro atoms. The van der Waals surface area contributed by atoms with Crippen LogP contribution in [0.3, 0.4) is 0 Å². The predicted octanol–water partition coefficient (Wildman–Crippen LogP) is 3.20. The van der Waals surface area contributed by atoms with E-state index in [9.17, 15) is 5.11 Å². The van der Waals surface area contributed by atoms with Crippen molar-refractivity contribution >= 4 is 0 Å². The van der Waals surface area contributed by atoms with Gasteiger partial charge in [0.05, 0.1) is 12.7 Å². The molecule has 3 heteroatoms. The maximum Gasteiger partial charge on any atom is 0.125 e. The fourth-order valence-electron chi connectivity index (χ4n) is 2.55. The molecule has 1 aliphatic carbocycles. The van der Waals surface area contributed by atoms with Gasteiger partial charge in [0, 0.05) is 17.6 Å². The molecule has 1 saturated carbocycles. The number of aryl methyl sites for hydroxylation is 1. The first-order chi connectivity index (χ1) is 9.52. The minimum Gasteiger partial charge on any atom is -0.493 e. The van der Waals surface area contributed by atoms with E-state index < -0.39 is 6.10 Å². The van der Waals surface area contributed by atoms with E-state index in [4.69, 9.17) is 4.74 Å². The van der Waals surface area contributed by atoms with Gasteiger partial charge >= 0.3 is 0 Å². The van der Waals surface area contributed by atoms with Gasteiger partial charge in [0.1, 0.15) is 5.75 Å². The van der Waals surface area contributed by atoms with Crippen molar-refractivity contribution in [2.45, 2.75) is 58.7 Å². The molecule has 0 amide bonds. The summed E-state index contributed by atoms with van der Waals surface area (Å²) in [5.74, 6) is 1.18. The minimum atomic E-state index is -0.531. The largest absolute Gasteiger partial charge is 0.493 e. The van der Waals surface area contributed by atoms with E-state index in [0.717, 1.165) is 16.9 Å². The number of nitrogens with one attached hydrogen (secondary N) is 1. The van der Waals surface area contributed by atoms with Crippen molar-refractivity contribution in [2.75, 3.05) is 6.61 Å². The van der Waals surface area contributed by atoms with Crippen LogP contribution in [0.1, 0.15) is 50.8 Å². The summed E-state index contributed by atoms with van der Waals surface area (Å²) in [7, 11) is 0. The Bertz CT molecular complexity index is 441. The van der Waals surface area contributed by atoms with Gasteiger partial charge in [-0.25, -0.2) is 0 Å². The molecule has 0 aliphatic heterocycles. The molecule has 2 atom stereocenters. The zero-order valence-electron chi connectivity index (χ0n) is 13.0. The van der Waals surface area contributed by atoms with E-state index in [1.807, 2.05) is 32.0 Å². The lowest BCUT2D eigenvalue weighted by atomic mass is 9.92. The third kappa shape index (κ3) is 3.74. The van der Waals surface area contributed by atoms with Gasteiger partial charge in [-0.3, -0.25) is 0 Å². The monoisotopic (exact) mass is 277 g/mol. The Labute approximate surface area is 122 Å². The summed E-state index contributed by atoms with van der Waals surface area (Å²) < 4.78 is 5.68. The number of hydrogen-bond acceptors (Lipinski definition) is 3. The smallest absolute Gasteiger partial charge is 0.125 e. The average molecular weight is 277 g/mol. The normalized spacial score (nSPS) is 18.1. The predicted molar refractivity (Wildman–Crippen MR) is 82.1 cm³/mol. The van der Waals surface area contributed by atoms with Crippen molar-refractivity contribution in [1.29, 1.82) is 0 Å². The van der Waals surface area contributed by atoms with Crippen LogP contribution in [-0.4, -0.2) is 23.8 Å². The fourth-order valence-corrected chi connectivity index (χ4v) is 2.55. The highest BCUT2D eigenvalue weighted by Gasteiger charge is 2.32. The third-order valence-electron chi connectivity index (χ3n) is 3.85. The van der Waals surface area contributed by atoms with Gasteiger partial charge in [0.15, 0.2) is 0 Å². The third-order valence-corrected chi connectivity index (χ3v) is 3.85. The highest BCUT2D eigenvalue weighted by molar-refractivity contribution is 5.39. The fraction of sp³-hybridized carbons (Fsp3) is 0.647. The Hall–Kier alpha value is -1.06. The van der Waals surface area contributed by atoms with Gasteiger partial charge in [-0.2, -0.15) is 0 Å². The Morgan fingerprint density at radius 2 is 2.05 bits per heavy atom. The lowest BCUT2D eigenvalue weighted by Gasteiger charge is -2.29. The number of aliphatic hydroxyl groups excluding tert-OH is 1. The van der Waals surface area contributed by atoms with E-state index >= 15 is 0 Å². The lowest BCUT2D eigenvalue weighted by molar-refractivity contribution is 0.101. The summed E-state index contributed by atoms with van der Waals surface area (Å²) in [6.45, 7) is 8.94. The van der Waals surface area contributed by atoms with E-state index in [1.54, 1.807) is 0 Å². The molecule has 1 aromatic rings. The second-order valence-corrected chi connectivity index (χ2v) is 6.13. The zero-order valence-corrected chi connectivity index (χ0v) is 13.0. The maximum atomic E-state index is 10.8. The molecule has 1 aromatic carbocycles. The molecule has 2 unspecified atom stereocenters. The van der Waals surface area contributed by atoms with Crippen LogP contribution in [-0.2, 0) is 0 Å². The molecule has 0 heterocycles. The van der Waals surface area contributed by atoms with Crippen LogP contribution in [0, 0.1) is 12.8 Å². The first-order valence-corrected chi connectivity index (χ1v) is 7.70. The molecule has 3 nitrogen and oxygen atoms in total. The number of benzene rings is 1. The molecule has 2 N–H and O–H groups in total. The number of aliphatic hydroxyl groups is 1. The zero-order chi connectivity index (χ0) is 14.7. The highest BCUT2D eigenvalue weighted by atomic mass is 16.5. The molecule has 2 rings (SSSR count). The Morgan fingerprint density at radius 3 is 2.60 bits per heavy atom. The van der Waals surface area contributed by atoms with Crippen molar-refractivity contribution < 1.29 is 9.84 Å². The van der Waals surface area contributed by atoms with Crippen LogP contribution < -0.4 is 10.1 Å². The Kier molecular flexibility index (Phi) is 5.06. The average Bonchev–Trinajstić information content (AvgIpc) is 3.21. The van der Waals surface area contributed by atoms with Crippen LogP contribution in [0.4, 0.5) is 0 Å². The van der Waals surface area contributed by atoms with E-state index in [0.29, 0.717) is 18.6 Å². The van der Waals surface area contributed by atoms with Crippen molar-refractivity contribution in [1.82, 2.24) is 5.32 Å². The number of hydrogen-bond donors (Lipinski definition) is 2. The van der Waals surface area contributed by atoms with Gasteiger partial charge in [0.25, 0.3) is 0 Å². The molecule has 20 heavy (non-hydrogen) atoms. The van der Waals surface area contributed by atoms with Crippen LogP contribution in [0.25, 0.3) is 0 Å². The second kappa shape index (κ2) is 6.59. The van der Waals surface area contributed by atoms with Gasteiger partial charge in [-0.1, -0.05) is 25.5 Å². The van der Waals surface area contributed by atoms with Gasteiger partial charge in [-0.05, 0) is 44.7 Å². The number of ether oxygens (including phenoxy) is 1. The van der Waals surface area contributed by atoms with E-state index in [-0.39, 0.29) is 6.04 Å². The summed E-state index contributed by atoms with van der Waals surface area (Å²) in [4.78, 5) is 0. The molecule has 0 radical (unpaired) electrons. The summed E-state index contributed by atoms with van der Waals surface area (Å²) in [6, 6.07) is 6.69. The molecular formula is C17H27NO2. The SMILES string of the molecule is CCOc1ccc(C)cc1C(O)C(NC1CC1)C(C)C. The molecular weight excluding hydrogens is 250 g/mol. The van der Waals surface area contributed by atoms with Crippen molar-refractivity contribution in [3.05, 3.63) is 29.3 Å². The molecule has 0 saturated heterocycles. The van der Waals surface area contributed by atoms with Crippen LogP contribution in [0.15, 0.2) is 18.2 Å². The second-order valence-electron chi connectivity index (χ2n) is 6.13. The van der Waals surface area contributed by atoms with Crippen molar-refractivity contribution in [3.8, 4) is 5.75 Å². The molecule has 0 bridgehead atoms. The van der Waals surface area contributed by atoms with Gasteiger partial charge < -0.3 is 15.2 Å². The first kappa shape index (κ1) is 15.3. The van der Waals surface area contributed by atoms with Crippen molar-refractivity contribution in [3.63, 3.8) is 0 Å². The van der Waals surface area contributed by atoms with Gasteiger partial charge in [-0.15, -0.1) is 0 Å². The lowest BCUT2D eigenvalue weighted by Crippen LogP contribution is -2.40. The highest BCUT2D eigenvalue weighted by Crippen LogP contribution is 2.32. The molecule has 1 fully saturated rings.